The monoisotopic (exact) mass is 289 g/mol. The van der Waals surface area contributed by atoms with Crippen LogP contribution < -0.4 is 5.32 Å². The Morgan fingerprint density at radius 1 is 1.19 bits per heavy atom. The topological polar surface area (TPSA) is 66.4 Å². The molecule has 1 saturated carbocycles. The number of hydrogen-bond acceptors (Lipinski definition) is 2. The lowest BCUT2D eigenvalue weighted by Crippen LogP contribution is -2.34. The first-order chi connectivity index (χ1) is 9.79. The van der Waals surface area contributed by atoms with Crippen LogP contribution in [-0.4, -0.2) is 23.0 Å². The molecule has 4 heteroatoms. The molecule has 1 aliphatic carbocycles. The van der Waals surface area contributed by atoms with E-state index in [1.807, 2.05) is 24.3 Å². The summed E-state index contributed by atoms with van der Waals surface area (Å²) in [4.78, 5) is 23.5. The molecule has 1 aliphatic rings. The van der Waals surface area contributed by atoms with Gasteiger partial charge in [0, 0.05) is 11.6 Å². The molecule has 1 amide bonds. The third kappa shape index (κ3) is 3.63. The average molecular weight is 289 g/mol. The van der Waals surface area contributed by atoms with Crippen LogP contribution in [0, 0.1) is 5.92 Å². The van der Waals surface area contributed by atoms with Gasteiger partial charge in [0.25, 0.3) is 5.91 Å². The van der Waals surface area contributed by atoms with Gasteiger partial charge in [-0.15, -0.1) is 0 Å². The van der Waals surface area contributed by atoms with Crippen LogP contribution in [0.5, 0.6) is 0 Å². The number of benzene rings is 1. The first-order valence-electron chi connectivity index (χ1n) is 7.42. The fourth-order valence-corrected chi connectivity index (χ4v) is 2.94. The van der Waals surface area contributed by atoms with Crippen LogP contribution in [0.1, 0.15) is 56.0 Å². The molecule has 4 nitrogen and oxygen atoms in total. The van der Waals surface area contributed by atoms with Crippen molar-refractivity contribution >= 4 is 11.9 Å². The van der Waals surface area contributed by atoms with Crippen LogP contribution in [0.4, 0.5) is 0 Å². The molecule has 0 radical (unpaired) electrons. The van der Waals surface area contributed by atoms with E-state index in [0.717, 1.165) is 12.0 Å². The predicted octanol–water partition coefficient (Wildman–Crippen LogP) is 2.97. The molecule has 0 aromatic heterocycles. The van der Waals surface area contributed by atoms with Gasteiger partial charge in [0.05, 0.1) is 5.92 Å². The number of aliphatic carboxylic acids is 1. The minimum absolute atomic E-state index is 0.0355. The Bertz CT molecular complexity index is 545. The zero-order chi connectivity index (χ0) is 15.6. The second-order valence-electron chi connectivity index (χ2n) is 6.81. The highest BCUT2D eigenvalue weighted by Crippen LogP contribution is 2.28. The van der Waals surface area contributed by atoms with Crippen molar-refractivity contribution in [2.24, 2.45) is 5.92 Å². The van der Waals surface area contributed by atoms with Crippen molar-refractivity contribution < 1.29 is 14.7 Å². The maximum Gasteiger partial charge on any atom is 0.306 e. The van der Waals surface area contributed by atoms with Gasteiger partial charge in [0.2, 0.25) is 0 Å². The fourth-order valence-electron chi connectivity index (χ4n) is 2.94. The van der Waals surface area contributed by atoms with Crippen molar-refractivity contribution in [2.45, 2.75) is 51.5 Å². The Labute approximate surface area is 125 Å². The summed E-state index contributed by atoms with van der Waals surface area (Å²) >= 11 is 0. The van der Waals surface area contributed by atoms with Gasteiger partial charge in [-0.25, -0.2) is 0 Å². The molecule has 0 spiro atoms. The molecule has 2 N–H and O–H groups in total. The summed E-state index contributed by atoms with van der Waals surface area (Å²) < 4.78 is 0. The van der Waals surface area contributed by atoms with Crippen LogP contribution in [-0.2, 0) is 10.2 Å². The second-order valence-corrected chi connectivity index (χ2v) is 6.81. The van der Waals surface area contributed by atoms with E-state index in [4.69, 9.17) is 5.11 Å². The smallest absolute Gasteiger partial charge is 0.306 e. The van der Waals surface area contributed by atoms with Crippen LogP contribution in [0.15, 0.2) is 24.3 Å². The van der Waals surface area contributed by atoms with Gasteiger partial charge >= 0.3 is 5.97 Å². The lowest BCUT2D eigenvalue weighted by molar-refractivity contribution is -0.141. The SMILES string of the molecule is CC(C)(C)c1ccccc1C(=O)N[C@@H]1CC[C@H](C(=O)O)C1. The lowest BCUT2D eigenvalue weighted by atomic mass is 9.83. The summed E-state index contributed by atoms with van der Waals surface area (Å²) in [6.45, 7) is 6.24. The molecule has 1 aromatic carbocycles. The number of carbonyl (C=O) groups is 2. The molecule has 0 bridgehead atoms. The molecule has 0 heterocycles. The largest absolute Gasteiger partial charge is 0.481 e. The third-order valence-corrected chi connectivity index (χ3v) is 4.10. The number of rotatable bonds is 3. The fraction of sp³-hybridized carbons (Fsp3) is 0.529. The molecule has 21 heavy (non-hydrogen) atoms. The number of carboxylic acids is 1. The number of carbonyl (C=O) groups excluding carboxylic acids is 1. The van der Waals surface area contributed by atoms with Gasteiger partial charge in [0.1, 0.15) is 0 Å². The summed E-state index contributed by atoms with van der Waals surface area (Å²) in [7, 11) is 0. The first-order valence-corrected chi connectivity index (χ1v) is 7.42. The van der Waals surface area contributed by atoms with Crippen LogP contribution in [0.25, 0.3) is 0 Å². The van der Waals surface area contributed by atoms with Gasteiger partial charge in [-0.2, -0.15) is 0 Å². The Kier molecular flexibility index (Phi) is 4.35. The zero-order valence-electron chi connectivity index (χ0n) is 12.8. The van der Waals surface area contributed by atoms with Gasteiger partial charge < -0.3 is 10.4 Å². The maximum absolute atomic E-state index is 12.5. The molecular weight excluding hydrogens is 266 g/mol. The van der Waals surface area contributed by atoms with E-state index in [2.05, 4.69) is 26.1 Å². The van der Waals surface area contributed by atoms with E-state index >= 15 is 0 Å². The lowest BCUT2D eigenvalue weighted by Gasteiger charge is -2.23. The molecule has 1 fully saturated rings. The van der Waals surface area contributed by atoms with Gasteiger partial charge in [-0.3, -0.25) is 9.59 Å². The van der Waals surface area contributed by atoms with Crippen LogP contribution >= 0.6 is 0 Å². The van der Waals surface area contributed by atoms with E-state index in [0.29, 0.717) is 18.4 Å². The standard InChI is InChI=1S/C17H23NO3/c1-17(2,3)14-7-5-4-6-13(14)15(19)18-12-9-8-11(10-12)16(20)21/h4-7,11-12H,8-10H2,1-3H3,(H,18,19)(H,20,21)/t11-,12+/m0/s1. The molecule has 1 aromatic rings. The highest BCUT2D eigenvalue weighted by Gasteiger charge is 2.31. The van der Waals surface area contributed by atoms with E-state index in [9.17, 15) is 9.59 Å². The zero-order valence-corrected chi connectivity index (χ0v) is 12.8. The van der Waals surface area contributed by atoms with E-state index in [-0.39, 0.29) is 23.3 Å². The van der Waals surface area contributed by atoms with E-state index in [1.165, 1.54) is 0 Å². The van der Waals surface area contributed by atoms with Gasteiger partial charge in [-0.1, -0.05) is 39.0 Å². The summed E-state index contributed by atoms with van der Waals surface area (Å²) in [5.74, 6) is -1.19. The minimum Gasteiger partial charge on any atom is -0.481 e. The normalized spacial score (nSPS) is 22.0. The maximum atomic E-state index is 12.5. The molecule has 114 valence electrons. The van der Waals surface area contributed by atoms with Crippen molar-refractivity contribution in [1.82, 2.24) is 5.32 Å². The molecule has 0 aliphatic heterocycles. The minimum atomic E-state index is -0.762. The Morgan fingerprint density at radius 3 is 2.43 bits per heavy atom. The first kappa shape index (κ1) is 15.5. The van der Waals surface area contributed by atoms with Crippen LogP contribution in [0.3, 0.4) is 0 Å². The van der Waals surface area contributed by atoms with Crippen molar-refractivity contribution in [3.8, 4) is 0 Å². The number of nitrogens with one attached hydrogen (secondary N) is 1. The number of hydrogen-bond donors (Lipinski definition) is 2. The molecule has 2 atom stereocenters. The summed E-state index contributed by atoms with van der Waals surface area (Å²) in [5, 5.41) is 12.0. The summed E-state index contributed by atoms with van der Waals surface area (Å²) in [5.41, 5.74) is 1.59. The van der Waals surface area contributed by atoms with Crippen molar-refractivity contribution in [1.29, 1.82) is 0 Å². The van der Waals surface area contributed by atoms with Crippen LogP contribution in [0.2, 0.25) is 0 Å². The molecule has 2 rings (SSSR count). The second kappa shape index (κ2) is 5.88. The summed E-state index contributed by atoms with van der Waals surface area (Å²) in [6, 6.07) is 7.57. The van der Waals surface area contributed by atoms with E-state index in [1.54, 1.807) is 0 Å². The summed E-state index contributed by atoms with van der Waals surface area (Å²) in [6.07, 6.45) is 1.90. The molecule has 0 unspecified atom stereocenters. The Morgan fingerprint density at radius 2 is 1.86 bits per heavy atom. The molecular formula is C17H23NO3. The van der Waals surface area contributed by atoms with Crippen molar-refractivity contribution in [3.05, 3.63) is 35.4 Å². The van der Waals surface area contributed by atoms with Crippen molar-refractivity contribution in [3.63, 3.8) is 0 Å². The highest BCUT2D eigenvalue weighted by atomic mass is 16.4. The average Bonchev–Trinajstić information content (AvgIpc) is 2.86. The Hall–Kier alpha value is -1.84. The van der Waals surface area contributed by atoms with Gasteiger partial charge in [0.15, 0.2) is 0 Å². The van der Waals surface area contributed by atoms with E-state index < -0.39 is 5.97 Å². The number of amides is 1. The molecule has 0 saturated heterocycles. The van der Waals surface area contributed by atoms with Gasteiger partial charge in [-0.05, 0) is 36.3 Å². The Balaban J connectivity index is 2.10. The third-order valence-electron chi connectivity index (χ3n) is 4.10. The predicted molar refractivity (Wildman–Crippen MR) is 81.4 cm³/mol. The number of carboxylic acid groups (broad SMARTS) is 1. The quantitative estimate of drug-likeness (QED) is 0.899. The van der Waals surface area contributed by atoms with Crippen molar-refractivity contribution in [2.75, 3.05) is 0 Å². The highest BCUT2D eigenvalue weighted by molar-refractivity contribution is 5.96.